The van der Waals surface area contributed by atoms with Gasteiger partial charge in [-0.15, -0.1) is 0 Å². The molecule has 0 aromatic heterocycles. The topological polar surface area (TPSA) is 95.5 Å². The van der Waals surface area contributed by atoms with Gasteiger partial charge in [-0.3, -0.25) is 9.35 Å². The van der Waals surface area contributed by atoms with E-state index in [1.54, 1.807) is 36.4 Å². The number of anilines is 1. The van der Waals surface area contributed by atoms with Gasteiger partial charge in [0, 0.05) is 25.4 Å². The van der Waals surface area contributed by atoms with Gasteiger partial charge in [-0.05, 0) is 11.5 Å². The summed E-state index contributed by atoms with van der Waals surface area (Å²) >= 11 is 0. The van der Waals surface area contributed by atoms with Crippen molar-refractivity contribution < 1.29 is 17.8 Å². The Morgan fingerprint density at radius 2 is 1.86 bits per heavy atom. The second-order valence-corrected chi connectivity index (χ2v) is 5.91. The summed E-state index contributed by atoms with van der Waals surface area (Å²) < 4.78 is 32.8. The van der Waals surface area contributed by atoms with Gasteiger partial charge in [-0.25, -0.2) is 0 Å². The molecule has 0 radical (unpaired) electrons. The minimum Gasteiger partial charge on any atom is -0.382 e. The lowest BCUT2D eigenvalue weighted by atomic mass is 10.1. The zero-order chi connectivity index (χ0) is 15.5. The number of benzene rings is 2. The third kappa shape index (κ3) is 3.71. The molecule has 7 heteroatoms. The van der Waals surface area contributed by atoms with Crippen LogP contribution >= 0.6 is 0 Å². The molecule has 0 aliphatic rings. The third-order valence-electron chi connectivity index (χ3n) is 2.95. The molecule has 0 aliphatic carbocycles. The van der Waals surface area contributed by atoms with Gasteiger partial charge >= 0.3 is 0 Å². The molecule has 0 spiro atoms. The van der Waals surface area contributed by atoms with E-state index in [0.29, 0.717) is 24.2 Å². The zero-order valence-corrected chi connectivity index (χ0v) is 12.3. The van der Waals surface area contributed by atoms with E-state index in [0.717, 1.165) is 5.39 Å². The normalized spacial score (nSPS) is 11.3. The number of nitrogens with one attached hydrogen (secondary N) is 2. The molecule has 0 bridgehead atoms. The molecule has 0 fully saturated rings. The van der Waals surface area contributed by atoms with Crippen molar-refractivity contribution in [2.75, 3.05) is 18.4 Å². The molecule has 6 nitrogen and oxygen atoms in total. The van der Waals surface area contributed by atoms with Crippen molar-refractivity contribution in [3.63, 3.8) is 0 Å². The maximum Gasteiger partial charge on any atom is 0.297 e. The molecule has 1 amide bonds. The van der Waals surface area contributed by atoms with Crippen LogP contribution in [-0.2, 0) is 14.9 Å². The Morgan fingerprint density at radius 1 is 1.14 bits per heavy atom. The van der Waals surface area contributed by atoms with Gasteiger partial charge in [0.2, 0.25) is 5.91 Å². The second-order valence-electron chi connectivity index (χ2n) is 4.55. The van der Waals surface area contributed by atoms with Crippen molar-refractivity contribution in [2.24, 2.45) is 0 Å². The summed E-state index contributed by atoms with van der Waals surface area (Å²) in [4.78, 5) is 10.6. The van der Waals surface area contributed by atoms with Crippen LogP contribution in [0, 0.1) is 0 Å². The molecule has 0 unspecified atom stereocenters. The van der Waals surface area contributed by atoms with Crippen molar-refractivity contribution >= 4 is 32.5 Å². The zero-order valence-electron chi connectivity index (χ0n) is 11.5. The largest absolute Gasteiger partial charge is 0.382 e. The van der Waals surface area contributed by atoms with E-state index in [1.807, 2.05) is 0 Å². The monoisotopic (exact) mass is 308 g/mol. The fraction of sp³-hybridized carbons (Fsp3) is 0.214. The molecular weight excluding hydrogens is 292 g/mol. The maximum absolute atomic E-state index is 11.7. The highest BCUT2D eigenvalue weighted by molar-refractivity contribution is 7.86. The Balaban J connectivity index is 2.37. The van der Waals surface area contributed by atoms with Crippen LogP contribution in [0.5, 0.6) is 0 Å². The highest BCUT2D eigenvalue weighted by atomic mass is 32.2. The van der Waals surface area contributed by atoms with Gasteiger partial charge in [0.1, 0.15) is 4.90 Å². The molecule has 0 saturated heterocycles. The Kier molecular flexibility index (Phi) is 4.44. The predicted octanol–water partition coefficient (Wildman–Crippen LogP) is 1.63. The smallest absolute Gasteiger partial charge is 0.297 e. The van der Waals surface area contributed by atoms with Crippen LogP contribution in [-0.4, -0.2) is 32.0 Å². The number of hydrogen-bond acceptors (Lipinski definition) is 4. The molecule has 0 atom stereocenters. The van der Waals surface area contributed by atoms with Gasteiger partial charge < -0.3 is 10.6 Å². The van der Waals surface area contributed by atoms with E-state index in [1.165, 1.54) is 6.92 Å². The number of rotatable bonds is 5. The first-order chi connectivity index (χ1) is 9.89. The molecular formula is C14H16N2O4S. The lowest BCUT2D eigenvalue weighted by Gasteiger charge is -2.13. The average molecular weight is 308 g/mol. The van der Waals surface area contributed by atoms with Gasteiger partial charge in [0.05, 0.1) is 5.69 Å². The lowest BCUT2D eigenvalue weighted by Crippen LogP contribution is -2.26. The van der Waals surface area contributed by atoms with Crippen LogP contribution in [0.15, 0.2) is 41.3 Å². The average Bonchev–Trinajstić information content (AvgIpc) is 2.41. The molecule has 0 heterocycles. The Hall–Kier alpha value is -2.12. The minimum atomic E-state index is -4.36. The van der Waals surface area contributed by atoms with Gasteiger partial charge in [0.15, 0.2) is 0 Å². The Morgan fingerprint density at radius 3 is 2.52 bits per heavy atom. The van der Waals surface area contributed by atoms with E-state index in [2.05, 4.69) is 10.6 Å². The summed E-state index contributed by atoms with van der Waals surface area (Å²) in [5, 5.41) is 6.68. The Bertz CT molecular complexity index is 772. The molecule has 0 saturated carbocycles. The second kappa shape index (κ2) is 6.11. The van der Waals surface area contributed by atoms with Crippen LogP contribution in [0.25, 0.3) is 10.8 Å². The number of hydrogen-bond donors (Lipinski definition) is 3. The first kappa shape index (κ1) is 15.3. The first-order valence-corrected chi connectivity index (χ1v) is 7.81. The van der Waals surface area contributed by atoms with E-state index >= 15 is 0 Å². The van der Waals surface area contributed by atoms with Crippen molar-refractivity contribution in [3.8, 4) is 0 Å². The summed E-state index contributed by atoms with van der Waals surface area (Å²) in [6.07, 6.45) is 0. The molecule has 2 rings (SSSR count). The van der Waals surface area contributed by atoms with Crippen molar-refractivity contribution in [1.29, 1.82) is 0 Å². The van der Waals surface area contributed by atoms with E-state index in [-0.39, 0.29) is 10.8 Å². The van der Waals surface area contributed by atoms with Crippen molar-refractivity contribution in [1.82, 2.24) is 5.32 Å². The van der Waals surface area contributed by atoms with Crippen molar-refractivity contribution in [3.05, 3.63) is 36.4 Å². The van der Waals surface area contributed by atoms with Crippen LogP contribution < -0.4 is 10.6 Å². The van der Waals surface area contributed by atoms with Crippen LogP contribution in [0.4, 0.5) is 5.69 Å². The highest BCUT2D eigenvalue weighted by Crippen LogP contribution is 2.30. The van der Waals surface area contributed by atoms with Crippen LogP contribution in [0.3, 0.4) is 0 Å². The molecule has 112 valence electrons. The third-order valence-corrected chi connectivity index (χ3v) is 3.91. The molecule has 0 aliphatic heterocycles. The van der Waals surface area contributed by atoms with E-state index in [4.69, 9.17) is 0 Å². The molecule has 21 heavy (non-hydrogen) atoms. The van der Waals surface area contributed by atoms with Crippen LogP contribution in [0.2, 0.25) is 0 Å². The number of carbonyl (C=O) groups excluding carboxylic acids is 1. The summed E-state index contributed by atoms with van der Waals surface area (Å²) in [5.41, 5.74) is 0.307. The summed E-state index contributed by atoms with van der Waals surface area (Å²) in [5.74, 6) is -0.162. The van der Waals surface area contributed by atoms with Crippen molar-refractivity contribution in [2.45, 2.75) is 11.8 Å². The van der Waals surface area contributed by atoms with E-state index < -0.39 is 10.1 Å². The fourth-order valence-electron chi connectivity index (χ4n) is 2.10. The summed E-state index contributed by atoms with van der Waals surface area (Å²) in [6.45, 7) is 2.10. The quantitative estimate of drug-likeness (QED) is 0.576. The van der Waals surface area contributed by atoms with Gasteiger partial charge in [0.25, 0.3) is 10.1 Å². The van der Waals surface area contributed by atoms with E-state index in [9.17, 15) is 17.8 Å². The van der Waals surface area contributed by atoms with Crippen LogP contribution in [0.1, 0.15) is 6.92 Å². The standard InChI is InChI=1S/C14H16N2O4S/c1-10(17)15-8-9-16-13-7-6-11-4-2-3-5-12(11)14(13)21(18,19)20/h2-7,16H,8-9H2,1H3,(H,15,17)(H,18,19,20). The maximum atomic E-state index is 11.7. The molecule has 3 N–H and O–H groups in total. The SMILES string of the molecule is CC(=O)NCCNc1ccc2ccccc2c1S(=O)(=O)O. The lowest BCUT2D eigenvalue weighted by molar-refractivity contribution is -0.118. The molecule has 2 aromatic rings. The summed E-state index contributed by atoms with van der Waals surface area (Å²) in [6, 6.07) is 10.3. The number of amides is 1. The molecule has 2 aromatic carbocycles. The highest BCUT2D eigenvalue weighted by Gasteiger charge is 2.19. The summed E-state index contributed by atoms with van der Waals surface area (Å²) in [7, 11) is -4.36. The predicted molar refractivity (Wildman–Crippen MR) is 80.9 cm³/mol. The number of carbonyl (C=O) groups is 1. The number of fused-ring (bicyclic) bond motifs is 1. The van der Waals surface area contributed by atoms with Gasteiger partial charge in [-0.1, -0.05) is 30.3 Å². The minimum absolute atomic E-state index is 0.150. The first-order valence-electron chi connectivity index (χ1n) is 6.37. The Labute approximate surface area is 122 Å². The fourth-order valence-corrected chi connectivity index (χ4v) is 2.98. The van der Waals surface area contributed by atoms with Gasteiger partial charge in [-0.2, -0.15) is 8.42 Å².